The van der Waals surface area contributed by atoms with Crippen LogP contribution in [0.15, 0.2) is 54.9 Å². The molecular formula is C25H26N4OS. The molecule has 2 aromatic carbocycles. The highest BCUT2D eigenvalue weighted by atomic mass is 32.1. The summed E-state index contributed by atoms with van der Waals surface area (Å²) in [6.45, 7) is 6.85. The van der Waals surface area contributed by atoms with E-state index in [0.29, 0.717) is 19.4 Å². The van der Waals surface area contributed by atoms with Crippen LogP contribution in [0.4, 0.5) is 11.5 Å². The van der Waals surface area contributed by atoms with Gasteiger partial charge in [-0.3, -0.25) is 4.79 Å². The molecule has 0 saturated heterocycles. The Hall–Kier alpha value is -3.25. The van der Waals surface area contributed by atoms with E-state index in [-0.39, 0.29) is 5.91 Å². The third kappa shape index (κ3) is 4.91. The number of carbonyl (C=O) groups excluding carboxylic acids is 1. The van der Waals surface area contributed by atoms with E-state index in [2.05, 4.69) is 45.7 Å². The molecule has 0 fully saturated rings. The predicted octanol–water partition coefficient (Wildman–Crippen LogP) is 6.11. The van der Waals surface area contributed by atoms with Gasteiger partial charge in [-0.25, -0.2) is 9.97 Å². The molecule has 0 unspecified atom stereocenters. The summed E-state index contributed by atoms with van der Waals surface area (Å²) in [6.07, 6.45) is 2.76. The number of rotatable bonds is 7. The maximum atomic E-state index is 12.3. The van der Waals surface area contributed by atoms with E-state index >= 15 is 0 Å². The number of aryl methyl sites for hydroxylation is 3. The van der Waals surface area contributed by atoms with Crippen molar-refractivity contribution in [3.63, 3.8) is 0 Å². The first-order valence-corrected chi connectivity index (χ1v) is 11.2. The highest BCUT2D eigenvalue weighted by molar-refractivity contribution is 7.19. The second kappa shape index (κ2) is 9.27. The van der Waals surface area contributed by atoms with Crippen molar-refractivity contribution in [2.24, 2.45) is 0 Å². The van der Waals surface area contributed by atoms with E-state index in [4.69, 9.17) is 0 Å². The van der Waals surface area contributed by atoms with Crippen LogP contribution in [-0.2, 0) is 4.79 Å². The number of carbonyl (C=O) groups is 1. The van der Waals surface area contributed by atoms with Gasteiger partial charge in [0, 0.05) is 29.1 Å². The first kappa shape index (κ1) is 21.0. The van der Waals surface area contributed by atoms with Gasteiger partial charge in [0.15, 0.2) is 0 Å². The number of aromatic nitrogens is 2. The van der Waals surface area contributed by atoms with E-state index in [0.717, 1.165) is 38.4 Å². The lowest BCUT2D eigenvalue weighted by Gasteiger charge is -2.10. The van der Waals surface area contributed by atoms with Crippen molar-refractivity contribution in [3.8, 4) is 11.1 Å². The van der Waals surface area contributed by atoms with E-state index in [1.165, 1.54) is 10.4 Å². The molecule has 0 bridgehead atoms. The number of nitrogens with one attached hydrogen (secondary N) is 2. The molecule has 2 heterocycles. The van der Waals surface area contributed by atoms with Crippen LogP contribution in [0.2, 0.25) is 0 Å². The number of amides is 1. The van der Waals surface area contributed by atoms with Gasteiger partial charge in [-0.1, -0.05) is 36.4 Å². The van der Waals surface area contributed by atoms with Crippen LogP contribution in [0.1, 0.15) is 28.8 Å². The summed E-state index contributed by atoms with van der Waals surface area (Å²) in [5.41, 5.74) is 5.48. The van der Waals surface area contributed by atoms with E-state index in [1.54, 1.807) is 17.7 Å². The van der Waals surface area contributed by atoms with Crippen LogP contribution in [0.5, 0.6) is 0 Å². The average molecular weight is 431 g/mol. The zero-order valence-corrected chi connectivity index (χ0v) is 18.8. The molecule has 0 atom stereocenters. The molecule has 0 aliphatic heterocycles. The van der Waals surface area contributed by atoms with Gasteiger partial charge in [0.2, 0.25) is 5.91 Å². The first-order valence-electron chi connectivity index (χ1n) is 10.4. The lowest BCUT2D eigenvalue weighted by Crippen LogP contribution is -2.14. The second-order valence-corrected chi connectivity index (χ2v) is 8.96. The molecule has 2 aromatic heterocycles. The number of nitrogens with zero attached hydrogens (tertiary/aromatic N) is 2. The number of hydrogen-bond donors (Lipinski definition) is 2. The maximum Gasteiger partial charge on any atom is 0.224 e. The van der Waals surface area contributed by atoms with Gasteiger partial charge in [0.1, 0.15) is 17.0 Å². The van der Waals surface area contributed by atoms with Crippen molar-refractivity contribution in [1.82, 2.24) is 9.97 Å². The molecule has 0 aliphatic carbocycles. The fourth-order valence-electron chi connectivity index (χ4n) is 3.86. The van der Waals surface area contributed by atoms with E-state index in [9.17, 15) is 4.79 Å². The van der Waals surface area contributed by atoms with Crippen molar-refractivity contribution >= 4 is 39.0 Å². The lowest BCUT2D eigenvalue weighted by atomic mass is 10.0. The number of thiophene rings is 1. The van der Waals surface area contributed by atoms with Crippen molar-refractivity contribution in [3.05, 3.63) is 70.9 Å². The monoisotopic (exact) mass is 430 g/mol. The fourth-order valence-corrected chi connectivity index (χ4v) is 4.87. The Kier molecular flexibility index (Phi) is 6.28. The third-order valence-corrected chi connectivity index (χ3v) is 6.12. The van der Waals surface area contributed by atoms with Crippen LogP contribution >= 0.6 is 11.3 Å². The van der Waals surface area contributed by atoms with E-state index in [1.807, 2.05) is 44.2 Å². The summed E-state index contributed by atoms with van der Waals surface area (Å²) in [7, 11) is 0. The Balaban J connectivity index is 1.42. The van der Waals surface area contributed by atoms with Gasteiger partial charge >= 0.3 is 0 Å². The number of fused-ring (bicyclic) bond motifs is 1. The molecule has 0 aliphatic rings. The Labute approximate surface area is 186 Å². The molecule has 5 nitrogen and oxygen atoms in total. The highest BCUT2D eigenvalue weighted by Crippen LogP contribution is 2.40. The number of benzene rings is 2. The predicted molar refractivity (Wildman–Crippen MR) is 130 cm³/mol. The maximum absolute atomic E-state index is 12.3. The van der Waals surface area contributed by atoms with Gasteiger partial charge in [-0.05, 0) is 56.0 Å². The minimum atomic E-state index is 0.0241. The van der Waals surface area contributed by atoms with Crippen LogP contribution in [-0.4, -0.2) is 22.4 Å². The summed E-state index contributed by atoms with van der Waals surface area (Å²) in [6, 6.07) is 16.4. The average Bonchev–Trinajstić information content (AvgIpc) is 3.07. The lowest BCUT2D eigenvalue weighted by molar-refractivity contribution is -0.116. The Bertz CT molecular complexity index is 1200. The Morgan fingerprint density at radius 1 is 1.00 bits per heavy atom. The third-order valence-electron chi connectivity index (χ3n) is 5.11. The van der Waals surface area contributed by atoms with Crippen molar-refractivity contribution in [2.45, 2.75) is 33.6 Å². The number of anilines is 2. The summed E-state index contributed by atoms with van der Waals surface area (Å²) in [5, 5.41) is 7.47. The summed E-state index contributed by atoms with van der Waals surface area (Å²) in [5.74, 6) is 0.846. The second-order valence-electron chi connectivity index (χ2n) is 7.76. The molecule has 2 N–H and O–H groups in total. The van der Waals surface area contributed by atoms with Crippen molar-refractivity contribution in [2.75, 3.05) is 17.2 Å². The molecule has 0 spiro atoms. The molecule has 4 rings (SSSR count). The molecule has 1 amide bonds. The summed E-state index contributed by atoms with van der Waals surface area (Å²) < 4.78 is 0. The minimum Gasteiger partial charge on any atom is -0.369 e. The molecule has 31 heavy (non-hydrogen) atoms. The summed E-state index contributed by atoms with van der Waals surface area (Å²) in [4.78, 5) is 23.5. The smallest absolute Gasteiger partial charge is 0.224 e. The number of hydrogen-bond acceptors (Lipinski definition) is 5. The van der Waals surface area contributed by atoms with Crippen molar-refractivity contribution < 1.29 is 4.79 Å². The van der Waals surface area contributed by atoms with Gasteiger partial charge in [0.05, 0.1) is 5.39 Å². The molecule has 4 aromatic rings. The standard InChI is InChI=1S/C25H26N4OS/c1-16-12-17(2)14-20(13-16)29-21(30)10-7-11-26-24-23-22(19-8-5-4-6-9-19)18(3)31-25(23)28-15-27-24/h4-6,8-9,12-15H,7,10-11H2,1-3H3,(H,29,30)(H,26,27,28). The van der Waals surface area contributed by atoms with Crippen molar-refractivity contribution in [1.29, 1.82) is 0 Å². The molecule has 6 heteroatoms. The van der Waals surface area contributed by atoms with Crippen LogP contribution in [0.3, 0.4) is 0 Å². The zero-order chi connectivity index (χ0) is 21.8. The quantitative estimate of drug-likeness (QED) is 0.347. The first-order chi connectivity index (χ1) is 15.0. The Morgan fingerprint density at radius 3 is 2.48 bits per heavy atom. The van der Waals surface area contributed by atoms with Gasteiger partial charge in [-0.15, -0.1) is 11.3 Å². The minimum absolute atomic E-state index is 0.0241. The summed E-state index contributed by atoms with van der Waals surface area (Å²) >= 11 is 1.68. The SMILES string of the molecule is Cc1cc(C)cc(NC(=O)CCCNc2ncnc3sc(C)c(-c4ccccc4)c23)c1. The zero-order valence-electron chi connectivity index (χ0n) is 18.0. The van der Waals surface area contributed by atoms with Crippen LogP contribution in [0, 0.1) is 20.8 Å². The molecule has 0 radical (unpaired) electrons. The largest absolute Gasteiger partial charge is 0.369 e. The van der Waals surface area contributed by atoms with Gasteiger partial charge in [0.25, 0.3) is 0 Å². The van der Waals surface area contributed by atoms with Gasteiger partial charge < -0.3 is 10.6 Å². The van der Waals surface area contributed by atoms with E-state index < -0.39 is 0 Å². The van der Waals surface area contributed by atoms with Gasteiger partial charge in [-0.2, -0.15) is 0 Å². The van der Waals surface area contributed by atoms with Crippen LogP contribution in [0.25, 0.3) is 21.3 Å². The fraction of sp³-hybridized carbons (Fsp3) is 0.240. The Morgan fingerprint density at radius 2 is 1.74 bits per heavy atom. The highest BCUT2D eigenvalue weighted by Gasteiger charge is 2.16. The molecular weight excluding hydrogens is 404 g/mol. The van der Waals surface area contributed by atoms with Crippen LogP contribution < -0.4 is 10.6 Å². The molecule has 158 valence electrons. The molecule has 0 saturated carbocycles. The topological polar surface area (TPSA) is 66.9 Å². The normalized spacial score (nSPS) is 10.9.